The molecule has 1 fully saturated rings. The topological polar surface area (TPSA) is 18.5 Å². The maximum absolute atomic E-state index is 14.6. The summed E-state index contributed by atoms with van der Waals surface area (Å²) in [5.41, 5.74) is 1.05. The molecule has 0 N–H and O–H groups in total. The van der Waals surface area contributed by atoms with Crippen LogP contribution in [0, 0.1) is 30.3 Å². The molecule has 0 aromatic heterocycles. The SMILES string of the molecule is CCCOCC1CCC(c2ccc(-c3cc(F)c(C)c(F)c3)c(F)c2)OC1. The molecule has 2 atom stereocenters. The van der Waals surface area contributed by atoms with Crippen molar-refractivity contribution < 1.29 is 22.6 Å². The van der Waals surface area contributed by atoms with E-state index in [0.29, 0.717) is 19.1 Å². The van der Waals surface area contributed by atoms with Crippen LogP contribution in [0.3, 0.4) is 0 Å². The summed E-state index contributed by atoms with van der Waals surface area (Å²) in [4.78, 5) is 0. The average molecular weight is 378 g/mol. The van der Waals surface area contributed by atoms with Crippen molar-refractivity contribution in [3.63, 3.8) is 0 Å². The molecule has 27 heavy (non-hydrogen) atoms. The lowest BCUT2D eigenvalue weighted by Crippen LogP contribution is -2.24. The van der Waals surface area contributed by atoms with Gasteiger partial charge in [0.1, 0.15) is 17.5 Å². The van der Waals surface area contributed by atoms with Crippen LogP contribution in [0.2, 0.25) is 0 Å². The summed E-state index contributed by atoms with van der Waals surface area (Å²) in [6, 6.07) is 7.06. The van der Waals surface area contributed by atoms with Crippen LogP contribution in [0.25, 0.3) is 11.1 Å². The normalized spacial score (nSPS) is 20.0. The molecule has 0 spiro atoms. The maximum atomic E-state index is 14.6. The lowest BCUT2D eigenvalue weighted by molar-refractivity contribution is -0.0434. The quantitative estimate of drug-likeness (QED) is 0.576. The number of hydrogen-bond acceptors (Lipinski definition) is 2. The van der Waals surface area contributed by atoms with Gasteiger partial charge in [-0.3, -0.25) is 0 Å². The van der Waals surface area contributed by atoms with E-state index in [1.165, 1.54) is 13.0 Å². The van der Waals surface area contributed by atoms with Crippen molar-refractivity contribution in [3.05, 3.63) is 58.9 Å². The molecular weight excluding hydrogens is 353 g/mol. The molecule has 0 saturated carbocycles. The summed E-state index contributed by atoms with van der Waals surface area (Å²) < 4.78 is 53.7. The van der Waals surface area contributed by atoms with E-state index in [9.17, 15) is 13.2 Å². The molecule has 1 aliphatic rings. The highest BCUT2D eigenvalue weighted by Crippen LogP contribution is 2.34. The van der Waals surface area contributed by atoms with Gasteiger partial charge in [-0.15, -0.1) is 0 Å². The summed E-state index contributed by atoms with van der Waals surface area (Å²) in [5.74, 6) is -1.50. The minimum Gasteiger partial charge on any atom is -0.381 e. The van der Waals surface area contributed by atoms with Crippen LogP contribution in [-0.4, -0.2) is 19.8 Å². The standard InChI is InChI=1S/C22H25F3O2/c1-3-8-26-12-15-4-7-22(27-13-15)16-5-6-18(21(25)9-16)17-10-19(23)14(2)20(24)11-17/h5-6,9-11,15,22H,3-4,7-8,12-13H2,1-2H3. The number of hydrogen-bond donors (Lipinski definition) is 0. The molecule has 0 aliphatic carbocycles. The van der Waals surface area contributed by atoms with Gasteiger partial charge in [0.2, 0.25) is 0 Å². The number of halogens is 3. The van der Waals surface area contributed by atoms with Crippen molar-refractivity contribution in [2.45, 2.75) is 39.2 Å². The van der Waals surface area contributed by atoms with Crippen molar-refractivity contribution in [2.24, 2.45) is 5.92 Å². The van der Waals surface area contributed by atoms with Gasteiger partial charge < -0.3 is 9.47 Å². The Morgan fingerprint density at radius 1 is 1.04 bits per heavy atom. The van der Waals surface area contributed by atoms with Crippen molar-refractivity contribution in [2.75, 3.05) is 19.8 Å². The lowest BCUT2D eigenvalue weighted by Gasteiger charge is -2.29. The van der Waals surface area contributed by atoms with Gasteiger partial charge in [0.05, 0.1) is 19.3 Å². The second kappa shape index (κ2) is 8.89. The molecule has 5 heteroatoms. The fourth-order valence-corrected chi connectivity index (χ4v) is 3.36. The largest absolute Gasteiger partial charge is 0.381 e. The van der Waals surface area contributed by atoms with Gasteiger partial charge in [0, 0.05) is 23.7 Å². The maximum Gasteiger partial charge on any atom is 0.131 e. The van der Waals surface area contributed by atoms with E-state index in [-0.39, 0.29) is 22.8 Å². The third-order valence-corrected chi connectivity index (χ3v) is 5.03. The predicted octanol–water partition coefficient (Wildman–Crippen LogP) is 5.97. The van der Waals surface area contributed by atoms with Crippen LogP contribution in [-0.2, 0) is 9.47 Å². The van der Waals surface area contributed by atoms with Crippen molar-refractivity contribution in [1.29, 1.82) is 0 Å². The molecule has 1 saturated heterocycles. The third kappa shape index (κ3) is 4.71. The Morgan fingerprint density at radius 2 is 1.78 bits per heavy atom. The number of rotatable bonds is 6. The highest BCUT2D eigenvalue weighted by Gasteiger charge is 2.24. The van der Waals surface area contributed by atoms with E-state index in [2.05, 4.69) is 6.92 Å². The van der Waals surface area contributed by atoms with Gasteiger partial charge in [-0.05, 0) is 55.5 Å². The molecule has 1 heterocycles. The Balaban J connectivity index is 1.69. The summed E-state index contributed by atoms with van der Waals surface area (Å²) in [6.45, 7) is 5.47. The number of ether oxygens (including phenoxy) is 2. The Morgan fingerprint density at radius 3 is 2.37 bits per heavy atom. The van der Waals surface area contributed by atoms with E-state index >= 15 is 0 Å². The van der Waals surface area contributed by atoms with Crippen LogP contribution in [0.15, 0.2) is 30.3 Å². The first kappa shape index (κ1) is 19.9. The van der Waals surface area contributed by atoms with E-state index in [0.717, 1.165) is 43.6 Å². The van der Waals surface area contributed by atoms with Gasteiger partial charge >= 0.3 is 0 Å². The Labute approximate surface area is 158 Å². The van der Waals surface area contributed by atoms with Gasteiger partial charge in [-0.2, -0.15) is 0 Å². The van der Waals surface area contributed by atoms with Crippen molar-refractivity contribution >= 4 is 0 Å². The molecule has 3 rings (SSSR count). The Hall–Kier alpha value is -1.85. The van der Waals surface area contributed by atoms with Crippen LogP contribution in [0.1, 0.15) is 43.4 Å². The van der Waals surface area contributed by atoms with Gasteiger partial charge in [0.15, 0.2) is 0 Å². The second-order valence-electron chi connectivity index (χ2n) is 7.14. The van der Waals surface area contributed by atoms with Gasteiger partial charge in [0.25, 0.3) is 0 Å². The summed E-state index contributed by atoms with van der Waals surface area (Å²) in [7, 11) is 0. The van der Waals surface area contributed by atoms with E-state index in [1.807, 2.05) is 0 Å². The molecule has 146 valence electrons. The first-order chi connectivity index (χ1) is 13.0. The average Bonchev–Trinajstić information content (AvgIpc) is 2.66. The Bertz CT molecular complexity index is 760. The molecule has 1 aliphatic heterocycles. The van der Waals surface area contributed by atoms with Crippen LogP contribution in [0.5, 0.6) is 0 Å². The fourth-order valence-electron chi connectivity index (χ4n) is 3.36. The highest BCUT2D eigenvalue weighted by molar-refractivity contribution is 5.65. The third-order valence-electron chi connectivity index (χ3n) is 5.03. The molecule has 2 nitrogen and oxygen atoms in total. The van der Waals surface area contributed by atoms with E-state index in [4.69, 9.17) is 9.47 Å². The molecular formula is C22H25F3O2. The predicted molar refractivity (Wildman–Crippen MR) is 99.0 cm³/mol. The molecule has 2 aromatic carbocycles. The van der Waals surface area contributed by atoms with Crippen LogP contribution >= 0.6 is 0 Å². The zero-order chi connectivity index (χ0) is 19.4. The van der Waals surface area contributed by atoms with Crippen molar-refractivity contribution in [1.82, 2.24) is 0 Å². The summed E-state index contributed by atoms with van der Waals surface area (Å²) >= 11 is 0. The molecule has 2 unspecified atom stereocenters. The van der Waals surface area contributed by atoms with Gasteiger partial charge in [-0.1, -0.05) is 19.1 Å². The molecule has 0 amide bonds. The summed E-state index contributed by atoms with van der Waals surface area (Å²) in [5, 5.41) is 0. The molecule has 0 bridgehead atoms. The molecule has 2 aromatic rings. The first-order valence-electron chi connectivity index (χ1n) is 9.44. The monoisotopic (exact) mass is 378 g/mol. The van der Waals surface area contributed by atoms with E-state index in [1.54, 1.807) is 12.1 Å². The summed E-state index contributed by atoms with van der Waals surface area (Å²) in [6.07, 6.45) is 2.60. The number of benzene rings is 2. The lowest BCUT2D eigenvalue weighted by atomic mass is 9.93. The van der Waals surface area contributed by atoms with Crippen LogP contribution in [0.4, 0.5) is 13.2 Å². The van der Waals surface area contributed by atoms with Gasteiger partial charge in [-0.25, -0.2) is 13.2 Å². The zero-order valence-corrected chi connectivity index (χ0v) is 15.7. The fraction of sp³-hybridized carbons (Fsp3) is 0.455. The minimum atomic E-state index is -0.680. The first-order valence-corrected chi connectivity index (χ1v) is 9.44. The smallest absolute Gasteiger partial charge is 0.131 e. The highest BCUT2D eigenvalue weighted by atomic mass is 19.1. The minimum absolute atomic E-state index is 0.0659. The van der Waals surface area contributed by atoms with Crippen LogP contribution < -0.4 is 0 Å². The van der Waals surface area contributed by atoms with E-state index < -0.39 is 17.5 Å². The molecule has 0 radical (unpaired) electrons. The Kier molecular flexibility index (Phi) is 6.55. The van der Waals surface area contributed by atoms with Crippen molar-refractivity contribution in [3.8, 4) is 11.1 Å². The zero-order valence-electron chi connectivity index (χ0n) is 15.7. The second-order valence-corrected chi connectivity index (χ2v) is 7.14.